The Labute approximate surface area is 165 Å². The molecular weight excluding hydrogens is 398 g/mol. The lowest BCUT2D eigenvalue weighted by Gasteiger charge is -2.33. The Morgan fingerprint density at radius 1 is 1.23 bits per heavy atom. The highest BCUT2D eigenvalue weighted by atomic mass is 79.9. The first kappa shape index (κ1) is 21.0. The minimum Gasteiger partial charge on any atom is -0.490 e. The lowest BCUT2D eigenvalue weighted by atomic mass is 9.90. The smallest absolute Gasteiger partial charge is 0.410 e. The van der Waals surface area contributed by atoms with Crippen molar-refractivity contribution >= 4 is 22.0 Å². The van der Waals surface area contributed by atoms with Gasteiger partial charge in [0.15, 0.2) is 0 Å². The molecule has 2 rings (SSSR count). The van der Waals surface area contributed by atoms with Gasteiger partial charge < -0.3 is 19.1 Å². The van der Waals surface area contributed by atoms with Gasteiger partial charge in [0.1, 0.15) is 18.0 Å². The number of piperidine rings is 1. The Balaban J connectivity index is 1.85. The summed E-state index contributed by atoms with van der Waals surface area (Å²) in [5, 5.41) is 0. The van der Waals surface area contributed by atoms with E-state index in [1.807, 2.05) is 31.7 Å². The summed E-state index contributed by atoms with van der Waals surface area (Å²) in [7, 11) is 1.67. The Morgan fingerprint density at radius 2 is 1.92 bits per heavy atom. The van der Waals surface area contributed by atoms with Crippen LogP contribution < -0.4 is 4.74 Å². The highest BCUT2D eigenvalue weighted by molar-refractivity contribution is 9.10. The highest BCUT2D eigenvalue weighted by Crippen LogP contribution is 2.29. The molecule has 0 aliphatic carbocycles. The van der Waals surface area contributed by atoms with Gasteiger partial charge in [0, 0.05) is 20.2 Å². The summed E-state index contributed by atoms with van der Waals surface area (Å²) in [5.41, 5.74) is 0.821. The fourth-order valence-corrected chi connectivity index (χ4v) is 3.36. The van der Waals surface area contributed by atoms with Gasteiger partial charge in [-0.1, -0.05) is 6.07 Å². The maximum atomic E-state index is 12.2. The van der Waals surface area contributed by atoms with E-state index >= 15 is 0 Å². The van der Waals surface area contributed by atoms with Crippen molar-refractivity contribution in [1.29, 1.82) is 0 Å². The van der Waals surface area contributed by atoms with E-state index < -0.39 is 5.60 Å². The second-order valence-electron chi connectivity index (χ2n) is 7.72. The van der Waals surface area contributed by atoms with Gasteiger partial charge in [-0.2, -0.15) is 0 Å². The molecule has 1 aromatic rings. The lowest BCUT2D eigenvalue weighted by Crippen LogP contribution is -2.42. The zero-order valence-electron chi connectivity index (χ0n) is 16.2. The third kappa shape index (κ3) is 6.80. The van der Waals surface area contributed by atoms with Gasteiger partial charge in [-0.25, -0.2) is 4.79 Å². The minimum absolute atomic E-state index is 0.201. The van der Waals surface area contributed by atoms with E-state index in [1.165, 1.54) is 5.56 Å². The number of benzene rings is 1. The average molecular weight is 428 g/mol. The predicted molar refractivity (Wildman–Crippen MR) is 106 cm³/mol. The molecule has 146 valence electrons. The first-order valence-corrected chi connectivity index (χ1v) is 9.96. The molecule has 1 amide bonds. The molecule has 0 atom stereocenters. The van der Waals surface area contributed by atoms with Crippen molar-refractivity contribution in [2.45, 2.75) is 45.6 Å². The van der Waals surface area contributed by atoms with Crippen LogP contribution in [0.15, 0.2) is 22.7 Å². The van der Waals surface area contributed by atoms with Gasteiger partial charge in [0.25, 0.3) is 0 Å². The summed E-state index contributed by atoms with van der Waals surface area (Å²) in [5.74, 6) is 1.42. The van der Waals surface area contributed by atoms with Gasteiger partial charge >= 0.3 is 6.09 Å². The Bertz CT molecular complexity index is 592. The van der Waals surface area contributed by atoms with Crippen LogP contribution in [-0.4, -0.2) is 50.0 Å². The van der Waals surface area contributed by atoms with Gasteiger partial charge in [0.2, 0.25) is 0 Å². The number of carbonyl (C=O) groups excluding carboxylic acids is 1. The zero-order chi connectivity index (χ0) is 19.2. The molecule has 6 heteroatoms. The number of carbonyl (C=O) groups is 1. The van der Waals surface area contributed by atoms with Crippen molar-refractivity contribution < 1.29 is 19.0 Å². The number of methoxy groups -OCH3 is 1. The lowest BCUT2D eigenvalue weighted by molar-refractivity contribution is 0.0184. The summed E-state index contributed by atoms with van der Waals surface area (Å²) >= 11 is 3.53. The van der Waals surface area contributed by atoms with E-state index in [2.05, 4.69) is 28.1 Å². The quantitative estimate of drug-likeness (QED) is 0.619. The van der Waals surface area contributed by atoms with Gasteiger partial charge in [-0.05, 0) is 79.6 Å². The molecule has 0 spiro atoms. The number of rotatable bonds is 6. The standard InChI is InChI=1S/C20H30BrNO4/c1-20(2,3)26-19(23)22-9-7-15(8-10-22)13-16-5-6-17(21)18(14-16)25-12-11-24-4/h5-6,14-15H,7-13H2,1-4H3. The van der Waals surface area contributed by atoms with Gasteiger partial charge in [-0.3, -0.25) is 0 Å². The maximum Gasteiger partial charge on any atom is 0.410 e. The number of ether oxygens (including phenoxy) is 3. The molecule has 0 radical (unpaired) electrons. The van der Waals surface area contributed by atoms with Crippen LogP contribution in [0, 0.1) is 5.92 Å². The highest BCUT2D eigenvalue weighted by Gasteiger charge is 2.27. The van der Waals surface area contributed by atoms with Gasteiger partial charge in [0.05, 0.1) is 11.1 Å². The second-order valence-corrected chi connectivity index (χ2v) is 8.58. The van der Waals surface area contributed by atoms with E-state index in [4.69, 9.17) is 14.2 Å². The summed E-state index contributed by atoms with van der Waals surface area (Å²) in [6.07, 6.45) is 2.79. The molecule has 0 saturated carbocycles. The van der Waals surface area contributed by atoms with Crippen molar-refractivity contribution in [3.05, 3.63) is 28.2 Å². The summed E-state index contributed by atoms with van der Waals surface area (Å²) < 4.78 is 17.2. The maximum absolute atomic E-state index is 12.2. The molecule has 0 N–H and O–H groups in total. The molecular formula is C20H30BrNO4. The molecule has 1 aliphatic rings. The predicted octanol–water partition coefficient (Wildman–Crippen LogP) is 4.66. The monoisotopic (exact) mass is 427 g/mol. The Morgan fingerprint density at radius 3 is 2.54 bits per heavy atom. The van der Waals surface area contributed by atoms with Crippen LogP contribution >= 0.6 is 15.9 Å². The number of nitrogens with zero attached hydrogens (tertiary/aromatic N) is 1. The Hall–Kier alpha value is -1.27. The van der Waals surface area contributed by atoms with Crippen molar-refractivity contribution in [3.63, 3.8) is 0 Å². The van der Waals surface area contributed by atoms with Crippen LogP contribution in [0.5, 0.6) is 5.75 Å². The van der Waals surface area contributed by atoms with E-state index in [9.17, 15) is 4.79 Å². The first-order valence-electron chi connectivity index (χ1n) is 9.16. The third-order valence-corrected chi connectivity index (χ3v) is 4.99. The fraction of sp³-hybridized carbons (Fsp3) is 0.650. The molecule has 0 unspecified atom stereocenters. The molecule has 1 saturated heterocycles. The van der Waals surface area contributed by atoms with E-state index in [1.54, 1.807) is 7.11 Å². The average Bonchev–Trinajstić information content (AvgIpc) is 2.57. The number of hydrogen-bond donors (Lipinski definition) is 0. The van der Waals surface area contributed by atoms with E-state index in [0.717, 1.165) is 42.6 Å². The normalized spacial score (nSPS) is 15.8. The molecule has 1 heterocycles. The van der Waals surface area contributed by atoms with Crippen molar-refractivity contribution in [2.75, 3.05) is 33.4 Å². The zero-order valence-corrected chi connectivity index (χ0v) is 17.8. The Kier molecular flexibility index (Phi) is 7.77. The third-order valence-electron chi connectivity index (χ3n) is 4.33. The van der Waals surface area contributed by atoms with Crippen LogP contribution in [0.3, 0.4) is 0 Å². The topological polar surface area (TPSA) is 48.0 Å². The van der Waals surface area contributed by atoms with E-state index in [0.29, 0.717) is 19.1 Å². The molecule has 0 bridgehead atoms. The molecule has 1 aliphatic heterocycles. The number of likely N-dealkylation sites (tertiary alicyclic amines) is 1. The van der Waals surface area contributed by atoms with Crippen LogP contribution in [-0.2, 0) is 15.9 Å². The fourth-order valence-electron chi connectivity index (χ4n) is 3.00. The second kappa shape index (κ2) is 9.60. The minimum atomic E-state index is -0.440. The van der Waals surface area contributed by atoms with Crippen molar-refractivity contribution in [3.8, 4) is 5.75 Å². The van der Waals surface area contributed by atoms with E-state index in [-0.39, 0.29) is 6.09 Å². The van der Waals surface area contributed by atoms with Crippen LogP contribution in [0.25, 0.3) is 0 Å². The molecule has 5 nitrogen and oxygen atoms in total. The first-order chi connectivity index (χ1) is 12.3. The number of amides is 1. The van der Waals surface area contributed by atoms with Crippen LogP contribution in [0.2, 0.25) is 0 Å². The van der Waals surface area contributed by atoms with Crippen molar-refractivity contribution in [2.24, 2.45) is 5.92 Å². The molecule has 0 aromatic heterocycles. The molecule has 26 heavy (non-hydrogen) atoms. The summed E-state index contributed by atoms with van der Waals surface area (Å²) in [6.45, 7) is 8.32. The van der Waals surface area contributed by atoms with Crippen LogP contribution in [0.4, 0.5) is 4.79 Å². The molecule has 1 fully saturated rings. The SMILES string of the molecule is COCCOc1cc(CC2CCN(C(=O)OC(C)(C)C)CC2)ccc1Br. The van der Waals surface area contributed by atoms with Crippen molar-refractivity contribution in [1.82, 2.24) is 4.90 Å². The summed E-state index contributed by atoms with van der Waals surface area (Å²) in [4.78, 5) is 14.0. The molecule has 1 aromatic carbocycles. The van der Waals surface area contributed by atoms with Crippen LogP contribution in [0.1, 0.15) is 39.2 Å². The summed E-state index contributed by atoms with van der Waals surface area (Å²) in [6, 6.07) is 6.26. The largest absolute Gasteiger partial charge is 0.490 e. The van der Waals surface area contributed by atoms with Gasteiger partial charge in [-0.15, -0.1) is 0 Å². The number of hydrogen-bond acceptors (Lipinski definition) is 4. The number of halogens is 1.